The molecule has 0 aromatic heterocycles. The molecular weight excluding hydrogens is 517 g/mol. The van der Waals surface area contributed by atoms with Crippen molar-refractivity contribution in [2.75, 3.05) is 32.8 Å². The van der Waals surface area contributed by atoms with Gasteiger partial charge in [0.25, 0.3) is 5.91 Å². The minimum Gasteiger partial charge on any atom is -0.490 e. The van der Waals surface area contributed by atoms with E-state index in [0.29, 0.717) is 49.0 Å². The summed E-state index contributed by atoms with van der Waals surface area (Å²) in [7, 11) is 0. The molecule has 1 N–H and O–H groups in total. The van der Waals surface area contributed by atoms with Gasteiger partial charge in [-0.3, -0.25) is 4.79 Å². The lowest BCUT2D eigenvalue weighted by Gasteiger charge is -2.27. The van der Waals surface area contributed by atoms with Crippen LogP contribution in [0.15, 0.2) is 66.2 Å². The number of likely N-dealkylation sites (N-methyl/N-ethyl adjacent to an activating group) is 1. The van der Waals surface area contributed by atoms with Crippen LogP contribution in [0.5, 0.6) is 11.5 Å². The number of hydrogen-bond acceptors (Lipinski definition) is 4. The number of hydrogen-bond donors (Lipinski definition) is 1. The molecule has 0 atom stereocenters. The molecule has 1 amide bonds. The number of carbonyl (C=O) groups excluding carboxylic acids is 1. The fourth-order valence-electron chi connectivity index (χ4n) is 4.28. The number of nitrogens with zero attached hydrogens (tertiary/aromatic N) is 1. The van der Waals surface area contributed by atoms with Crippen LogP contribution in [0.3, 0.4) is 0 Å². The standard InChI is InChI=1S/C29H28ClF3N2O3/c1-2-35(18-20-5-3-4-6-25(20)30)29(36)24-17-34-12-11-23(24)19-7-9-22(10-8-19)37-13-14-38-28-26(32)15-21(31)16-27(28)33/h3-10,15-16,34H,2,11-14,17-18H2,1H3. The summed E-state index contributed by atoms with van der Waals surface area (Å²) >= 11 is 6.32. The molecule has 1 aliphatic heterocycles. The van der Waals surface area contributed by atoms with E-state index in [1.54, 1.807) is 17.0 Å². The van der Waals surface area contributed by atoms with Crippen molar-refractivity contribution in [3.8, 4) is 11.5 Å². The van der Waals surface area contributed by atoms with Crippen molar-refractivity contribution in [1.82, 2.24) is 10.2 Å². The first kappa shape index (κ1) is 27.5. The Balaban J connectivity index is 1.41. The van der Waals surface area contributed by atoms with Gasteiger partial charge in [0.05, 0.1) is 0 Å². The summed E-state index contributed by atoms with van der Waals surface area (Å²) in [6.45, 7) is 4.04. The number of ether oxygens (including phenoxy) is 2. The molecule has 5 nitrogen and oxygen atoms in total. The summed E-state index contributed by atoms with van der Waals surface area (Å²) in [5.41, 5.74) is 3.51. The highest BCUT2D eigenvalue weighted by atomic mass is 35.5. The van der Waals surface area contributed by atoms with E-state index >= 15 is 0 Å². The number of rotatable bonds is 10. The van der Waals surface area contributed by atoms with E-state index in [2.05, 4.69) is 5.32 Å². The number of amides is 1. The zero-order valence-electron chi connectivity index (χ0n) is 20.9. The highest BCUT2D eigenvalue weighted by molar-refractivity contribution is 6.31. The monoisotopic (exact) mass is 544 g/mol. The predicted molar refractivity (Wildman–Crippen MR) is 141 cm³/mol. The Morgan fingerprint density at radius 1 is 1.00 bits per heavy atom. The normalized spacial score (nSPS) is 13.4. The maximum atomic E-state index is 13.7. The van der Waals surface area contributed by atoms with Crippen molar-refractivity contribution < 1.29 is 27.4 Å². The SMILES string of the molecule is CCN(Cc1ccccc1Cl)C(=O)C1=C(c2ccc(OCCOc3c(F)cc(F)cc3F)cc2)CCNC1. The third-order valence-electron chi connectivity index (χ3n) is 6.23. The first-order chi connectivity index (χ1) is 18.4. The van der Waals surface area contributed by atoms with Gasteiger partial charge in [-0.2, -0.15) is 0 Å². The fraction of sp³-hybridized carbons (Fsp3) is 0.276. The van der Waals surface area contributed by atoms with Gasteiger partial charge in [0, 0.05) is 42.4 Å². The largest absolute Gasteiger partial charge is 0.490 e. The molecule has 0 radical (unpaired) electrons. The van der Waals surface area contributed by atoms with Crippen LogP contribution in [0.25, 0.3) is 5.57 Å². The smallest absolute Gasteiger partial charge is 0.251 e. The molecule has 1 heterocycles. The molecule has 200 valence electrons. The molecule has 0 unspecified atom stereocenters. The van der Waals surface area contributed by atoms with Crippen LogP contribution in [0.1, 0.15) is 24.5 Å². The highest BCUT2D eigenvalue weighted by Gasteiger charge is 2.24. The third-order valence-corrected chi connectivity index (χ3v) is 6.60. The van der Waals surface area contributed by atoms with Crippen molar-refractivity contribution in [2.45, 2.75) is 19.9 Å². The Morgan fingerprint density at radius 3 is 2.37 bits per heavy atom. The number of benzene rings is 3. The molecule has 3 aromatic carbocycles. The van der Waals surface area contributed by atoms with E-state index in [9.17, 15) is 18.0 Å². The summed E-state index contributed by atoms with van der Waals surface area (Å²) in [4.78, 5) is 15.3. The molecule has 0 aliphatic carbocycles. The Hall–Kier alpha value is -3.49. The van der Waals surface area contributed by atoms with Crippen molar-refractivity contribution >= 4 is 23.1 Å². The van der Waals surface area contributed by atoms with E-state index in [1.165, 1.54) is 0 Å². The summed E-state index contributed by atoms with van der Waals surface area (Å²) in [5, 5.41) is 3.92. The van der Waals surface area contributed by atoms with E-state index in [-0.39, 0.29) is 19.1 Å². The predicted octanol–water partition coefficient (Wildman–Crippen LogP) is 6.01. The molecule has 3 aromatic rings. The van der Waals surface area contributed by atoms with Crippen LogP contribution in [0.4, 0.5) is 13.2 Å². The number of nitrogens with one attached hydrogen (secondary N) is 1. The van der Waals surface area contributed by atoms with Crippen molar-refractivity contribution in [3.63, 3.8) is 0 Å². The van der Waals surface area contributed by atoms with Gasteiger partial charge in [0.1, 0.15) is 24.8 Å². The van der Waals surface area contributed by atoms with Crippen LogP contribution < -0.4 is 14.8 Å². The molecule has 38 heavy (non-hydrogen) atoms. The minimum atomic E-state index is -1.11. The van der Waals surface area contributed by atoms with E-state index < -0.39 is 23.2 Å². The zero-order chi connectivity index (χ0) is 27.1. The molecule has 0 fully saturated rings. The summed E-state index contributed by atoms with van der Waals surface area (Å²) in [6, 6.07) is 15.9. The lowest BCUT2D eigenvalue weighted by atomic mass is 9.93. The van der Waals surface area contributed by atoms with E-state index in [0.717, 1.165) is 28.8 Å². The van der Waals surface area contributed by atoms with Gasteiger partial charge in [-0.1, -0.05) is 41.9 Å². The summed E-state index contributed by atoms with van der Waals surface area (Å²) in [6.07, 6.45) is 0.702. The molecule has 0 saturated heterocycles. The fourth-order valence-corrected chi connectivity index (χ4v) is 4.48. The van der Waals surface area contributed by atoms with Gasteiger partial charge in [-0.05, 0) is 54.8 Å². The van der Waals surface area contributed by atoms with Crippen LogP contribution >= 0.6 is 11.6 Å². The molecule has 0 saturated carbocycles. The molecular formula is C29H28ClF3N2O3. The second-order valence-electron chi connectivity index (χ2n) is 8.71. The Morgan fingerprint density at radius 2 is 1.68 bits per heavy atom. The Bertz CT molecular complexity index is 1290. The first-order valence-electron chi connectivity index (χ1n) is 12.3. The molecule has 4 rings (SSSR count). The number of carbonyl (C=O) groups is 1. The van der Waals surface area contributed by atoms with Gasteiger partial charge in [0.15, 0.2) is 17.4 Å². The van der Waals surface area contributed by atoms with Gasteiger partial charge >= 0.3 is 0 Å². The third kappa shape index (κ3) is 6.68. The molecule has 0 bridgehead atoms. The second-order valence-corrected chi connectivity index (χ2v) is 9.12. The maximum Gasteiger partial charge on any atom is 0.251 e. The Kier molecular flexibility index (Phi) is 9.31. The van der Waals surface area contributed by atoms with E-state index in [4.69, 9.17) is 21.1 Å². The highest BCUT2D eigenvalue weighted by Crippen LogP contribution is 2.29. The number of halogens is 4. The van der Waals surface area contributed by atoms with Gasteiger partial charge < -0.3 is 19.7 Å². The first-order valence-corrected chi connectivity index (χ1v) is 12.7. The van der Waals surface area contributed by atoms with Gasteiger partial charge in [0.2, 0.25) is 0 Å². The zero-order valence-corrected chi connectivity index (χ0v) is 21.7. The molecule has 9 heteroatoms. The van der Waals surface area contributed by atoms with Crippen LogP contribution in [-0.4, -0.2) is 43.7 Å². The average molecular weight is 545 g/mol. The maximum absolute atomic E-state index is 13.7. The lowest BCUT2D eigenvalue weighted by molar-refractivity contribution is -0.127. The van der Waals surface area contributed by atoms with Crippen LogP contribution in [0.2, 0.25) is 5.02 Å². The van der Waals surface area contributed by atoms with Crippen LogP contribution in [0, 0.1) is 17.5 Å². The van der Waals surface area contributed by atoms with Gasteiger partial charge in [-0.25, -0.2) is 13.2 Å². The lowest BCUT2D eigenvalue weighted by Crippen LogP contribution is -2.37. The summed E-state index contributed by atoms with van der Waals surface area (Å²) in [5.74, 6) is -3.38. The van der Waals surface area contributed by atoms with Crippen molar-refractivity contribution in [1.29, 1.82) is 0 Å². The molecule has 0 spiro atoms. The minimum absolute atomic E-state index is 0.0272. The summed E-state index contributed by atoms with van der Waals surface area (Å²) < 4.78 is 51.1. The van der Waals surface area contributed by atoms with Gasteiger partial charge in [-0.15, -0.1) is 0 Å². The quantitative estimate of drug-likeness (QED) is 0.318. The molecule has 1 aliphatic rings. The van der Waals surface area contributed by atoms with Crippen LogP contribution in [-0.2, 0) is 11.3 Å². The van der Waals surface area contributed by atoms with Crippen molar-refractivity contribution in [3.05, 3.63) is 99.8 Å². The van der Waals surface area contributed by atoms with E-state index in [1.807, 2.05) is 43.3 Å². The topological polar surface area (TPSA) is 50.8 Å². The Labute approximate surface area is 224 Å². The van der Waals surface area contributed by atoms with Crippen molar-refractivity contribution in [2.24, 2.45) is 0 Å². The average Bonchev–Trinajstić information content (AvgIpc) is 2.91. The second kappa shape index (κ2) is 12.8.